The Morgan fingerprint density at radius 2 is 2.00 bits per heavy atom. The molecule has 0 N–H and O–H groups in total. The minimum atomic E-state index is -0.250. The van der Waals surface area contributed by atoms with E-state index in [1.807, 2.05) is 30.3 Å². The summed E-state index contributed by atoms with van der Waals surface area (Å²) in [5.74, 6) is 2.40. The maximum atomic E-state index is 12.5. The molecule has 0 bridgehead atoms. The Bertz CT molecular complexity index is 880. The zero-order valence-electron chi connectivity index (χ0n) is 17.4. The van der Waals surface area contributed by atoms with Crippen molar-refractivity contribution in [2.45, 2.75) is 13.0 Å². The molecule has 0 radical (unpaired) electrons. The number of hydrogen-bond donors (Lipinski definition) is 0. The van der Waals surface area contributed by atoms with Crippen LogP contribution in [0.3, 0.4) is 0 Å². The first-order valence-corrected chi connectivity index (χ1v) is 11.6. The number of nitrogens with zero attached hydrogens (tertiary/aromatic N) is 1. The Balaban J connectivity index is 1.39. The standard InChI is InChI=1S/C23H26ClNO5S/c1-17(26)21-13-18(24)7-8-22(21)30-15-20-14-25(9-10-28-20)23(27)16-31-12-11-29-19-5-3-2-4-6-19/h2-8,13,20H,9-12,14-16H2,1H3. The van der Waals surface area contributed by atoms with Crippen LogP contribution in [0.2, 0.25) is 5.02 Å². The topological polar surface area (TPSA) is 65.1 Å². The number of para-hydroxylation sites is 1. The molecule has 0 aliphatic carbocycles. The van der Waals surface area contributed by atoms with E-state index in [9.17, 15) is 9.59 Å². The second-order valence-corrected chi connectivity index (χ2v) is 8.60. The third-order valence-electron chi connectivity index (χ3n) is 4.70. The van der Waals surface area contributed by atoms with Crippen LogP contribution in [0.1, 0.15) is 17.3 Å². The average Bonchev–Trinajstić information content (AvgIpc) is 2.78. The number of ketones is 1. The molecule has 1 unspecified atom stereocenters. The molecule has 0 saturated carbocycles. The molecule has 31 heavy (non-hydrogen) atoms. The van der Waals surface area contributed by atoms with E-state index in [-0.39, 0.29) is 24.4 Å². The third-order valence-corrected chi connectivity index (χ3v) is 5.84. The third kappa shape index (κ3) is 7.45. The molecule has 0 spiro atoms. The number of carbonyl (C=O) groups is 2. The van der Waals surface area contributed by atoms with Gasteiger partial charge in [-0.1, -0.05) is 29.8 Å². The van der Waals surface area contributed by atoms with Gasteiger partial charge in [0.15, 0.2) is 5.78 Å². The number of benzene rings is 2. The Kier molecular flexibility index (Phi) is 9.06. The van der Waals surface area contributed by atoms with Crippen LogP contribution in [0.4, 0.5) is 0 Å². The van der Waals surface area contributed by atoms with Gasteiger partial charge in [-0.3, -0.25) is 9.59 Å². The summed E-state index contributed by atoms with van der Waals surface area (Å²) < 4.78 is 17.2. The number of amides is 1. The Morgan fingerprint density at radius 3 is 2.77 bits per heavy atom. The van der Waals surface area contributed by atoms with Crippen molar-refractivity contribution in [1.29, 1.82) is 0 Å². The Hall–Kier alpha value is -2.22. The average molecular weight is 464 g/mol. The Morgan fingerprint density at radius 1 is 1.19 bits per heavy atom. The monoisotopic (exact) mass is 463 g/mol. The van der Waals surface area contributed by atoms with Crippen LogP contribution < -0.4 is 9.47 Å². The quantitative estimate of drug-likeness (QED) is 0.392. The highest BCUT2D eigenvalue weighted by atomic mass is 35.5. The van der Waals surface area contributed by atoms with Gasteiger partial charge in [0.25, 0.3) is 0 Å². The summed E-state index contributed by atoms with van der Waals surface area (Å²) >= 11 is 7.52. The summed E-state index contributed by atoms with van der Waals surface area (Å²) in [5, 5.41) is 0.481. The zero-order chi connectivity index (χ0) is 22.1. The van der Waals surface area contributed by atoms with Gasteiger partial charge in [-0.25, -0.2) is 0 Å². The van der Waals surface area contributed by atoms with Gasteiger partial charge in [-0.15, -0.1) is 11.8 Å². The van der Waals surface area contributed by atoms with Crippen molar-refractivity contribution in [2.75, 3.05) is 44.4 Å². The van der Waals surface area contributed by atoms with Crippen molar-refractivity contribution in [3.63, 3.8) is 0 Å². The van der Waals surface area contributed by atoms with Gasteiger partial charge in [0, 0.05) is 17.3 Å². The molecule has 1 amide bonds. The van der Waals surface area contributed by atoms with Gasteiger partial charge in [-0.05, 0) is 37.3 Å². The van der Waals surface area contributed by atoms with Gasteiger partial charge in [0.2, 0.25) is 5.91 Å². The van der Waals surface area contributed by atoms with E-state index >= 15 is 0 Å². The number of ether oxygens (including phenoxy) is 3. The van der Waals surface area contributed by atoms with Gasteiger partial charge < -0.3 is 19.1 Å². The van der Waals surface area contributed by atoms with Crippen molar-refractivity contribution >= 4 is 35.1 Å². The number of halogens is 1. The molecule has 2 aromatic rings. The number of carbonyl (C=O) groups excluding carboxylic acids is 2. The predicted octanol–water partition coefficient (Wildman–Crippen LogP) is 3.96. The van der Waals surface area contributed by atoms with Crippen molar-refractivity contribution < 1.29 is 23.8 Å². The molecule has 0 aromatic heterocycles. The normalized spacial score (nSPS) is 16.1. The number of hydrogen-bond acceptors (Lipinski definition) is 6. The van der Waals surface area contributed by atoms with Crippen LogP contribution in [0.25, 0.3) is 0 Å². The highest BCUT2D eigenvalue weighted by Crippen LogP contribution is 2.24. The maximum Gasteiger partial charge on any atom is 0.232 e. The maximum absolute atomic E-state index is 12.5. The summed E-state index contributed by atoms with van der Waals surface area (Å²) in [7, 11) is 0. The van der Waals surface area contributed by atoms with Crippen LogP contribution >= 0.6 is 23.4 Å². The molecule has 1 atom stereocenters. The molecular weight excluding hydrogens is 438 g/mol. The van der Waals surface area contributed by atoms with E-state index in [1.54, 1.807) is 34.9 Å². The molecule has 6 nitrogen and oxygen atoms in total. The van der Waals surface area contributed by atoms with E-state index in [1.165, 1.54) is 6.92 Å². The van der Waals surface area contributed by atoms with Gasteiger partial charge in [-0.2, -0.15) is 0 Å². The van der Waals surface area contributed by atoms with Crippen LogP contribution in [-0.4, -0.2) is 67.1 Å². The van der Waals surface area contributed by atoms with E-state index in [4.69, 9.17) is 25.8 Å². The van der Waals surface area contributed by atoms with Crippen molar-refractivity contribution in [2.24, 2.45) is 0 Å². The lowest BCUT2D eigenvalue weighted by molar-refractivity contribution is -0.137. The smallest absolute Gasteiger partial charge is 0.232 e. The SMILES string of the molecule is CC(=O)c1cc(Cl)ccc1OCC1CN(C(=O)CSCCOc2ccccc2)CCO1. The van der Waals surface area contributed by atoms with Crippen molar-refractivity contribution in [1.82, 2.24) is 4.90 Å². The zero-order valence-corrected chi connectivity index (χ0v) is 19.0. The summed E-state index contributed by atoms with van der Waals surface area (Å²) in [5.41, 5.74) is 0.436. The molecule has 166 valence electrons. The van der Waals surface area contributed by atoms with Crippen LogP contribution in [0.15, 0.2) is 48.5 Å². The fourth-order valence-electron chi connectivity index (χ4n) is 3.12. The van der Waals surface area contributed by atoms with E-state index < -0.39 is 0 Å². The summed E-state index contributed by atoms with van der Waals surface area (Å²) in [6, 6.07) is 14.6. The summed E-state index contributed by atoms with van der Waals surface area (Å²) in [4.78, 5) is 26.1. The highest BCUT2D eigenvalue weighted by molar-refractivity contribution is 7.99. The summed E-state index contributed by atoms with van der Waals surface area (Å²) in [6.07, 6.45) is -0.250. The summed E-state index contributed by atoms with van der Waals surface area (Å²) in [6.45, 7) is 3.77. The Labute approximate surface area is 191 Å². The molecule has 3 rings (SSSR count). The highest BCUT2D eigenvalue weighted by Gasteiger charge is 2.25. The lowest BCUT2D eigenvalue weighted by Crippen LogP contribution is -2.48. The fourth-order valence-corrected chi connectivity index (χ4v) is 3.99. The first-order valence-electron chi connectivity index (χ1n) is 10.1. The molecule has 1 saturated heterocycles. The first-order chi connectivity index (χ1) is 15.0. The molecular formula is C23H26ClNO5S. The largest absolute Gasteiger partial charge is 0.493 e. The number of thioether (sulfide) groups is 1. The van der Waals surface area contributed by atoms with E-state index in [0.29, 0.717) is 48.4 Å². The molecule has 8 heteroatoms. The van der Waals surface area contributed by atoms with Gasteiger partial charge >= 0.3 is 0 Å². The number of Topliss-reactive ketones (excluding diaryl/α,β-unsaturated/α-hetero) is 1. The molecule has 1 aliphatic rings. The lowest BCUT2D eigenvalue weighted by atomic mass is 10.1. The van der Waals surface area contributed by atoms with E-state index in [0.717, 1.165) is 11.5 Å². The van der Waals surface area contributed by atoms with Gasteiger partial charge in [0.05, 0.1) is 31.1 Å². The lowest BCUT2D eigenvalue weighted by Gasteiger charge is -2.33. The minimum absolute atomic E-state index is 0.0777. The van der Waals surface area contributed by atoms with Crippen LogP contribution in [0.5, 0.6) is 11.5 Å². The van der Waals surface area contributed by atoms with Gasteiger partial charge in [0.1, 0.15) is 24.2 Å². The first kappa shape index (κ1) is 23.4. The molecule has 2 aromatic carbocycles. The van der Waals surface area contributed by atoms with E-state index in [2.05, 4.69) is 0 Å². The molecule has 1 aliphatic heterocycles. The van der Waals surface area contributed by atoms with Crippen LogP contribution in [0, 0.1) is 0 Å². The second-order valence-electron chi connectivity index (χ2n) is 7.05. The van der Waals surface area contributed by atoms with Crippen molar-refractivity contribution in [3.8, 4) is 11.5 Å². The molecule has 1 fully saturated rings. The minimum Gasteiger partial charge on any atom is -0.493 e. The van der Waals surface area contributed by atoms with Crippen molar-refractivity contribution in [3.05, 3.63) is 59.1 Å². The predicted molar refractivity (Wildman–Crippen MR) is 123 cm³/mol. The molecule has 1 heterocycles. The second kappa shape index (κ2) is 12.0. The fraction of sp³-hybridized carbons (Fsp3) is 0.391. The number of morpholine rings is 1. The number of rotatable bonds is 10. The van der Waals surface area contributed by atoms with Crippen LogP contribution in [-0.2, 0) is 9.53 Å².